The third-order valence-corrected chi connectivity index (χ3v) is 4.16. The zero-order chi connectivity index (χ0) is 12.1. The van der Waals surface area contributed by atoms with Gasteiger partial charge >= 0.3 is 0 Å². The summed E-state index contributed by atoms with van der Waals surface area (Å²) in [5, 5.41) is 5.08. The SMILES string of the molecule is C#CCCCNC(=O)C1CCCc2sccc21. The molecule has 0 aliphatic heterocycles. The molecule has 1 aliphatic rings. The zero-order valence-electron chi connectivity index (χ0n) is 9.87. The largest absolute Gasteiger partial charge is 0.356 e. The van der Waals surface area contributed by atoms with Gasteiger partial charge in [0.1, 0.15) is 0 Å². The van der Waals surface area contributed by atoms with Crippen LogP contribution in [0.1, 0.15) is 42.0 Å². The quantitative estimate of drug-likeness (QED) is 0.643. The minimum absolute atomic E-state index is 0.0656. The molecule has 0 aromatic carbocycles. The molecule has 1 heterocycles. The molecule has 2 nitrogen and oxygen atoms in total. The maximum absolute atomic E-state index is 12.1. The van der Waals surface area contributed by atoms with E-state index in [2.05, 4.69) is 22.7 Å². The summed E-state index contributed by atoms with van der Waals surface area (Å²) in [4.78, 5) is 13.5. The fourth-order valence-electron chi connectivity index (χ4n) is 2.28. The van der Waals surface area contributed by atoms with Crippen molar-refractivity contribution in [3.63, 3.8) is 0 Å². The monoisotopic (exact) mass is 247 g/mol. The van der Waals surface area contributed by atoms with Crippen molar-refractivity contribution in [2.24, 2.45) is 0 Å². The number of hydrogen-bond donors (Lipinski definition) is 1. The van der Waals surface area contributed by atoms with E-state index in [9.17, 15) is 4.79 Å². The van der Waals surface area contributed by atoms with E-state index in [0.29, 0.717) is 6.54 Å². The topological polar surface area (TPSA) is 29.1 Å². The molecule has 1 atom stereocenters. The first kappa shape index (κ1) is 12.2. The Bertz CT molecular complexity index is 430. The van der Waals surface area contributed by atoms with E-state index in [4.69, 9.17) is 6.42 Å². The molecule has 0 fully saturated rings. The van der Waals surface area contributed by atoms with E-state index in [1.165, 1.54) is 10.4 Å². The Hall–Kier alpha value is -1.27. The van der Waals surface area contributed by atoms with E-state index in [-0.39, 0.29) is 11.8 Å². The normalized spacial score (nSPS) is 18.2. The highest BCUT2D eigenvalue weighted by Gasteiger charge is 2.26. The summed E-state index contributed by atoms with van der Waals surface area (Å²) in [6, 6.07) is 2.10. The Morgan fingerprint density at radius 2 is 2.53 bits per heavy atom. The molecule has 1 unspecified atom stereocenters. The molecule has 0 spiro atoms. The lowest BCUT2D eigenvalue weighted by molar-refractivity contribution is -0.122. The first-order valence-electron chi connectivity index (χ1n) is 6.10. The van der Waals surface area contributed by atoms with Crippen molar-refractivity contribution in [2.75, 3.05) is 6.54 Å². The van der Waals surface area contributed by atoms with Gasteiger partial charge in [0, 0.05) is 17.8 Å². The van der Waals surface area contributed by atoms with Crippen LogP contribution in [0.25, 0.3) is 0 Å². The maximum Gasteiger partial charge on any atom is 0.227 e. The van der Waals surface area contributed by atoms with Gasteiger partial charge in [-0.15, -0.1) is 23.7 Å². The van der Waals surface area contributed by atoms with Crippen molar-refractivity contribution >= 4 is 17.2 Å². The number of carbonyl (C=O) groups is 1. The van der Waals surface area contributed by atoms with Crippen LogP contribution in [-0.4, -0.2) is 12.5 Å². The van der Waals surface area contributed by atoms with Crippen molar-refractivity contribution in [2.45, 2.75) is 38.0 Å². The average Bonchev–Trinajstić information content (AvgIpc) is 2.82. The first-order valence-corrected chi connectivity index (χ1v) is 6.98. The van der Waals surface area contributed by atoms with Crippen LogP contribution < -0.4 is 5.32 Å². The lowest BCUT2D eigenvalue weighted by atomic mass is 9.87. The third-order valence-electron chi connectivity index (χ3n) is 3.17. The molecule has 17 heavy (non-hydrogen) atoms. The van der Waals surface area contributed by atoms with Crippen LogP contribution in [0.2, 0.25) is 0 Å². The van der Waals surface area contributed by atoms with E-state index in [0.717, 1.165) is 32.1 Å². The Balaban J connectivity index is 1.91. The standard InChI is InChI=1S/C14H17NOS/c1-2-3-4-9-15-14(16)12-6-5-7-13-11(12)8-10-17-13/h1,8,10,12H,3-7,9H2,(H,15,16). The number of aryl methyl sites for hydroxylation is 1. The second-order valence-electron chi connectivity index (χ2n) is 4.34. The molecule has 0 saturated carbocycles. The fraction of sp³-hybridized carbons (Fsp3) is 0.500. The Morgan fingerprint density at radius 1 is 1.65 bits per heavy atom. The van der Waals surface area contributed by atoms with Gasteiger partial charge in [-0.25, -0.2) is 0 Å². The van der Waals surface area contributed by atoms with Gasteiger partial charge in [-0.05, 0) is 42.7 Å². The Morgan fingerprint density at radius 3 is 3.35 bits per heavy atom. The van der Waals surface area contributed by atoms with E-state index < -0.39 is 0 Å². The predicted molar refractivity (Wildman–Crippen MR) is 71.1 cm³/mol. The molecule has 1 aromatic rings. The third kappa shape index (κ3) is 2.89. The second-order valence-corrected chi connectivity index (χ2v) is 5.34. The predicted octanol–water partition coefficient (Wildman–Crippen LogP) is 2.70. The molecule has 1 amide bonds. The van der Waals surface area contributed by atoms with Gasteiger partial charge in [0.25, 0.3) is 0 Å². The number of terminal acetylenes is 1. The molecular weight excluding hydrogens is 230 g/mol. The van der Waals surface area contributed by atoms with Gasteiger partial charge in [0.2, 0.25) is 5.91 Å². The summed E-state index contributed by atoms with van der Waals surface area (Å²) in [5.74, 6) is 2.82. The Kier molecular flexibility index (Phi) is 4.22. The van der Waals surface area contributed by atoms with Crippen molar-refractivity contribution in [1.29, 1.82) is 0 Å². The first-order chi connectivity index (χ1) is 8.33. The number of carbonyl (C=O) groups excluding carboxylic acids is 1. The van der Waals surface area contributed by atoms with Crippen molar-refractivity contribution < 1.29 is 4.79 Å². The maximum atomic E-state index is 12.1. The number of nitrogens with one attached hydrogen (secondary N) is 1. The summed E-state index contributed by atoms with van der Waals surface area (Å²) >= 11 is 1.77. The average molecular weight is 247 g/mol. The Labute approximate surface area is 106 Å². The lowest BCUT2D eigenvalue weighted by Crippen LogP contribution is -2.31. The minimum atomic E-state index is 0.0656. The van der Waals surface area contributed by atoms with E-state index >= 15 is 0 Å². The summed E-state index contributed by atoms with van der Waals surface area (Å²) in [5.41, 5.74) is 1.25. The van der Waals surface area contributed by atoms with E-state index in [1.807, 2.05) is 0 Å². The van der Waals surface area contributed by atoms with Gasteiger partial charge in [-0.2, -0.15) is 0 Å². The van der Waals surface area contributed by atoms with Crippen LogP contribution >= 0.6 is 11.3 Å². The van der Waals surface area contributed by atoms with Crippen LogP contribution in [0.15, 0.2) is 11.4 Å². The molecule has 1 aliphatic carbocycles. The number of thiophene rings is 1. The van der Waals surface area contributed by atoms with Crippen LogP contribution in [0, 0.1) is 12.3 Å². The van der Waals surface area contributed by atoms with Crippen LogP contribution in [-0.2, 0) is 11.2 Å². The van der Waals surface area contributed by atoms with Crippen LogP contribution in [0.4, 0.5) is 0 Å². The van der Waals surface area contributed by atoms with Gasteiger partial charge in [0.15, 0.2) is 0 Å². The molecule has 2 rings (SSSR count). The molecule has 1 aromatic heterocycles. The number of hydrogen-bond acceptors (Lipinski definition) is 2. The molecule has 3 heteroatoms. The summed E-state index contributed by atoms with van der Waals surface area (Å²) < 4.78 is 0. The summed E-state index contributed by atoms with van der Waals surface area (Å²) in [7, 11) is 0. The number of amides is 1. The van der Waals surface area contributed by atoms with Gasteiger partial charge in [0.05, 0.1) is 5.92 Å². The second kappa shape index (κ2) is 5.88. The number of fused-ring (bicyclic) bond motifs is 1. The van der Waals surface area contributed by atoms with Crippen LogP contribution in [0.3, 0.4) is 0 Å². The van der Waals surface area contributed by atoms with Gasteiger partial charge in [-0.1, -0.05) is 0 Å². The summed E-state index contributed by atoms with van der Waals surface area (Å²) in [6.45, 7) is 0.693. The van der Waals surface area contributed by atoms with E-state index in [1.54, 1.807) is 11.3 Å². The number of unbranched alkanes of at least 4 members (excludes halogenated alkanes) is 1. The van der Waals surface area contributed by atoms with Crippen LogP contribution in [0.5, 0.6) is 0 Å². The lowest BCUT2D eigenvalue weighted by Gasteiger charge is -2.21. The highest BCUT2D eigenvalue weighted by Crippen LogP contribution is 2.34. The van der Waals surface area contributed by atoms with Crippen molar-refractivity contribution in [3.8, 4) is 12.3 Å². The molecule has 0 radical (unpaired) electrons. The molecular formula is C14H17NOS. The molecule has 1 N–H and O–H groups in total. The molecule has 0 saturated heterocycles. The minimum Gasteiger partial charge on any atom is -0.356 e. The number of rotatable bonds is 4. The molecule has 90 valence electrons. The van der Waals surface area contributed by atoms with Crippen molar-refractivity contribution in [1.82, 2.24) is 5.32 Å². The highest BCUT2D eigenvalue weighted by molar-refractivity contribution is 7.10. The van der Waals surface area contributed by atoms with Crippen molar-refractivity contribution in [3.05, 3.63) is 21.9 Å². The highest BCUT2D eigenvalue weighted by atomic mass is 32.1. The fourth-order valence-corrected chi connectivity index (χ4v) is 3.27. The van der Waals surface area contributed by atoms with Gasteiger partial charge < -0.3 is 5.32 Å². The molecule has 0 bridgehead atoms. The summed E-state index contributed by atoms with van der Waals surface area (Å²) in [6.07, 6.45) is 10.0. The van der Waals surface area contributed by atoms with Gasteiger partial charge in [-0.3, -0.25) is 4.79 Å². The zero-order valence-corrected chi connectivity index (χ0v) is 10.7. The smallest absolute Gasteiger partial charge is 0.227 e.